The average molecular weight is 285 g/mol. The molecular weight excluding hydrogens is 270 g/mol. The number of aliphatic hydroxyl groups is 3. The fourth-order valence-electron chi connectivity index (χ4n) is 1.64. The van der Waals surface area contributed by atoms with Gasteiger partial charge in [-0.05, 0) is 0 Å². The number of hydrogen-bond acceptors (Lipinski definition) is 8. The summed E-state index contributed by atoms with van der Waals surface area (Å²) < 4.78 is 6.64. The van der Waals surface area contributed by atoms with Crippen LogP contribution in [0, 0.1) is 0 Å². The zero-order valence-electron chi connectivity index (χ0n) is 10.4. The topological polar surface area (TPSA) is 160 Å². The van der Waals surface area contributed by atoms with Gasteiger partial charge < -0.3 is 25.8 Å². The fourth-order valence-corrected chi connectivity index (χ4v) is 1.64. The highest BCUT2D eigenvalue weighted by Gasteiger charge is 2.19. The van der Waals surface area contributed by atoms with Crippen LogP contribution in [0.3, 0.4) is 0 Å². The third-order valence-corrected chi connectivity index (χ3v) is 2.72. The van der Waals surface area contributed by atoms with Gasteiger partial charge in [0, 0.05) is 0 Å². The Morgan fingerprint density at radius 2 is 2.20 bits per heavy atom. The van der Waals surface area contributed by atoms with Gasteiger partial charge >= 0.3 is 0 Å². The zero-order chi connectivity index (χ0) is 14.7. The van der Waals surface area contributed by atoms with Gasteiger partial charge in [0.05, 0.1) is 19.5 Å². The number of anilines is 1. The molecule has 2 rings (SSSR count). The van der Waals surface area contributed by atoms with Crippen LogP contribution in [0.1, 0.15) is 0 Å². The van der Waals surface area contributed by atoms with Crippen LogP contribution in [0.4, 0.5) is 5.95 Å². The van der Waals surface area contributed by atoms with Gasteiger partial charge in [-0.2, -0.15) is 4.98 Å². The molecule has 0 aliphatic carbocycles. The molecule has 0 amide bonds. The number of rotatable bonds is 6. The number of aliphatic hydroxyl groups excluding tert-OH is 3. The van der Waals surface area contributed by atoms with Crippen molar-refractivity contribution in [3.05, 3.63) is 16.7 Å². The van der Waals surface area contributed by atoms with Gasteiger partial charge in [-0.15, -0.1) is 0 Å². The van der Waals surface area contributed by atoms with E-state index < -0.39 is 31.0 Å². The Balaban J connectivity index is 2.20. The minimum atomic E-state index is -1.21. The van der Waals surface area contributed by atoms with Crippen molar-refractivity contribution >= 4 is 17.1 Å². The Labute approximate surface area is 112 Å². The first-order chi connectivity index (χ1) is 9.56. The number of imidazole rings is 1. The Morgan fingerprint density at radius 1 is 1.45 bits per heavy atom. The molecule has 2 aromatic rings. The molecule has 0 unspecified atom stereocenters. The van der Waals surface area contributed by atoms with E-state index >= 15 is 0 Å². The standard InChI is InChI=1S/C10H15N5O5/c11-10-13-8-7(9(19)14-10)12-3-15(8)4-20-6(2-17)5(18)1-16/h3,5-6,16-18H,1-2,4H2,(H3,11,13,14,19)/t5-,6-/m1/s1. The summed E-state index contributed by atoms with van der Waals surface area (Å²) in [6, 6.07) is 0. The van der Waals surface area contributed by atoms with E-state index in [1.54, 1.807) is 0 Å². The maximum absolute atomic E-state index is 11.6. The van der Waals surface area contributed by atoms with E-state index in [0.717, 1.165) is 0 Å². The van der Waals surface area contributed by atoms with Crippen LogP contribution in [0.5, 0.6) is 0 Å². The molecule has 10 heteroatoms. The molecule has 10 nitrogen and oxygen atoms in total. The molecule has 2 atom stereocenters. The Morgan fingerprint density at radius 3 is 2.85 bits per heavy atom. The van der Waals surface area contributed by atoms with Crippen LogP contribution in [-0.4, -0.2) is 60.3 Å². The number of ether oxygens (including phenoxy) is 1. The number of nitrogen functional groups attached to an aromatic ring is 1. The number of hydrogen-bond donors (Lipinski definition) is 5. The van der Waals surface area contributed by atoms with Crippen molar-refractivity contribution in [1.82, 2.24) is 19.5 Å². The van der Waals surface area contributed by atoms with Gasteiger partial charge in [-0.25, -0.2) is 4.98 Å². The molecule has 0 spiro atoms. The summed E-state index contributed by atoms with van der Waals surface area (Å²) in [4.78, 5) is 21.7. The molecular formula is C10H15N5O5. The monoisotopic (exact) mass is 285 g/mol. The minimum absolute atomic E-state index is 0.0571. The third kappa shape index (κ3) is 2.77. The maximum Gasteiger partial charge on any atom is 0.280 e. The summed E-state index contributed by atoms with van der Waals surface area (Å²) in [5.74, 6) is -0.0571. The second kappa shape index (κ2) is 5.96. The first-order valence-corrected chi connectivity index (χ1v) is 5.78. The molecule has 2 aromatic heterocycles. The van der Waals surface area contributed by atoms with Gasteiger partial charge in [0.25, 0.3) is 5.56 Å². The summed E-state index contributed by atoms with van der Waals surface area (Å²) in [7, 11) is 0. The highest BCUT2D eigenvalue weighted by Crippen LogP contribution is 2.08. The summed E-state index contributed by atoms with van der Waals surface area (Å²) in [5, 5.41) is 27.2. The number of nitrogens with one attached hydrogen (secondary N) is 1. The summed E-state index contributed by atoms with van der Waals surface area (Å²) in [5.41, 5.74) is 5.30. The number of nitrogens with zero attached hydrogens (tertiary/aromatic N) is 3. The Bertz CT molecular complexity index is 638. The zero-order valence-corrected chi connectivity index (χ0v) is 10.4. The van der Waals surface area contributed by atoms with Crippen LogP contribution >= 0.6 is 0 Å². The minimum Gasteiger partial charge on any atom is -0.394 e. The molecule has 0 saturated heterocycles. The molecule has 0 bridgehead atoms. The van der Waals surface area contributed by atoms with Crippen LogP contribution in [0.25, 0.3) is 11.2 Å². The van der Waals surface area contributed by atoms with E-state index in [1.165, 1.54) is 10.9 Å². The average Bonchev–Trinajstić information content (AvgIpc) is 2.82. The van der Waals surface area contributed by atoms with Crippen molar-refractivity contribution in [2.24, 2.45) is 0 Å². The molecule has 0 aliphatic heterocycles. The van der Waals surface area contributed by atoms with E-state index in [1.807, 2.05) is 0 Å². The van der Waals surface area contributed by atoms with Gasteiger partial charge in [-0.1, -0.05) is 0 Å². The molecule has 0 aliphatic rings. The lowest BCUT2D eigenvalue weighted by molar-refractivity contribution is -0.0997. The maximum atomic E-state index is 11.6. The molecule has 110 valence electrons. The second-order valence-electron chi connectivity index (χ2n) is 4.10. The van der Waals surface area contributed by atoms with Crippen molar-refractivity contribution in [1.29, 1.82) is 0 Å². The van der Waals surface area contributed by atoms with Crippen LogP contribution in [0.15, 0.2) is 11.1 Å². The van der Waals surface area contributed by atoms with E-state index in [4.69, 9.17) is 20.7 Å². The first-order valence-electron chi connectivity index (χ1n) is 5.78. The van der Waals surface area contributed by atoms with Gasteiger partial charge in [0.2, 0.25) is 5.95 Å². The largest absolute Gasteiger partial charge is 0.394 e. The number of nitrogens with two attached hydrogens (primary N) is 1. The van der Waals surface area contributed by atoms with Crippen LogP contribution in [0.2, 0.25) is 0 Å². The number of aromatic nitrogens is 4. The Kier molecular flexibility index (Phi) is 4.29. The number of fused-ring (bicyclic) bond motifs is 1. The summed E-state index contributed by atoms with van der Waals surface area (Å²) in [6.07, 6.45) is -0.848. The first kappa shape index (κ1) is 14.4. The smallest absolute Gasteiger partial charge is 0.280 e. The SMILES string of the molecule is Nc1nc2c(ncn2CO[C@H](CO)[C@H](O)CO)c(=O)[nH]1. The lowest BCUT2D eigenvalue weighted by Crippen LogP contribution is -2.35. The highest BCUT2D eigenvalue weighted by molar-refractivity contribution is 5.70. The van der Waals surface area contributed by atoms with Gasteiger partial charge in [0.1, 0.15) is 18.9 Å². The number of H-pyrrole nitrogens is 1. The quantitative estimate of drug-likeness (QED) is 0.386. The normalized spacial score (nSPS) is 14.6. The van der Waals surface area contributed by atoms with E-state index in [0.29, 0.717) is 0 Å². The van der Waals surface area contributed by atoms with E-state index in [-0.39, 0.29) is 23.8 Å². The van der Waals surface area contributed by atoms with Crippen molar-refractivity contribution in [2.45, 2.75) is 18.9 Å². The van der Waals surface area contributed by atoms with Crippen molar-refractivity contribution in [3.63, 3.8) is 0 Å². The van der Waals surface area contributed by atoms with Crippen molar-refractivity contribution in [2.75, 3.05) is 18.9 Å². The molecule has 0 fully saturated rings. The van der Waals surface area contributed by atoms with Crippen molar-refractivity contribution in [3.8, 4) is 0 Å². The molecule has 0 aromatic carbocycles. The van der Waals surface area contributed by atoms with Crippen LogP contribution < -0.4 is 11.3 Å². The highest BCUT2D eigenvalue weighted by atomic mass is 16.5. The second-order valence-corrected chi connectivity index (χ2v) is 4.10. The molecule has 2 heterocycles. The lowest BCUT2D eigenvalue weighted by atomic mass is 10.2. The number of aromatic amines is 1. The van der Waals surface area contributed by atoms with Crippen LogP contribution in [-0.2, 0) is 11.5 Å². The molecule has 20 heavy (non-hydrogen) atoms. The lowest BCUT2D eigenvalue weighted by Gasteiger charge is -2.19. The molecule has 0 radical (unpaired) electrons. The molecule has 6 N–H and O–H groups in total. The Hall–Kier alpha value is -2.01. The van der Waals surface area contributed by atoms with E-state index in [9.17, 15) is 9.90 Å². The summed E-state index contributed by atoms with van der Waals surface area (Å²) in [6.45, 7) is -1.13. The summed E-state index contributed by atoms with van der Waals surface area (Å²) >= 11 is 0. The predicted octanol–water partition coefficient (Wildman–Crippen LogP) is -2.61. The van der Waals surface area contributed by atoms with Crippen molar-refractivity contribution < 1.29 is 20.1 Å². The third-order valence-electron chi connectivity index (χ3n) is 2.72. The predicted molar refractivity (Wildman–Crippen MR) is 67.6 cm³/mol. The van der Waals surface area contributed by atoms with Gasteiger partial charge in [0.15, 0.2) is 11.2 Å². The fraction of sp³-hybridized carbons (Fsp3) is 0.500. The molecule has 0 saturated carbocycles. The van der Waals surface area contributed by atoms with E-state index in [2.05, 4.69) is 15.0 Å². The van der Waals surface area contributed by atoms with Gasteiger partial charge in [-0.3, -0.25) is 14.3 Å².